The van der Waals surface area contributed by atoms with E-state index in [1.54, 1.807) is 18.3 Å². The summed E-state index contributed by atoms with van der Waals surface area (Å²) >= 11 is 0. The predicted molar refractivity (Wildman–Crippen MR) is 75.6 cm³/mol. The molecule has 5 nitrogen and oxygen atoms in total. The minimum atomic E-state index is -0.0566. The molecule has 1 fully saturated rings. The van der Waals surface area contributed by atoms with Crippen molar-refractivity contribution in [2.45, 2.75) is 45.6 Å². The molecule has 1 unspecified atom stereocenters. The van der Waals surface area contributed by atoms with Gasteiger partial charge in [-0.2, -0.15) is 0 Å². The molecule has 0 bridgehead atoms. The minimum Gasteiger partial charge on any atom is -0.349 e. The van der Waals surface area contributed by atoms with Crippen LogP contribution < -0.4 is 16.6 Å². The Labute approximate surface area is 114 Å². The van der Waals surface area contributed by atoms with Gasteiger partial charge in [-0.25, -0.2) is 10.8 Å². The van der Waals surface area contributed by atoms with Gasteiger partial charge >= 0.3 is 0 Å². The predicted octanol–water partition coefficient (Wildman–Crippen LogP) is 2.07. The molecule has 0 aliphatic heterocycles. The van der Waals surface area contributed by atoms with Crippen LogP contribution in [0.15, 0.2) is 18.3 Å². The molecule has 1 atom stereocenters. The Hall–Kier alpha value is -1.62. The number of nitrogens with zero attached hydrogens (tertiary/aromatic N) is 1. The van der Waals surface area contributed by atoms with Crippen LogP contribution in [-0.4, -0.2) is 16.9 Å². The fourth-order valence-electron chi connectivity index (χ4n) is 2.65. The van der Waals surface area contributed by atoms with Crippen LogP contribution in [-0.2, 0) is 0 Å². The van der Waals surface area contributed by atoms with Gasteiger partial charge in [-0.1, -0.05) is 26.7 Å². The number of anilines is 1. The van der Waals surface area contributed by atoms with E-state index < -0.39 is 0 Å². The third kappa shape index (κ3) is 3.23. The fraction of sp³-hybridized carbons (Fsp3) is 0.571. The van der Waals surface area contributed by atoms with Crippen LogP contribution in [0.1, 0.15) is 49.9 Å². The number of hydrazine groups is 1. The van der Waals surface area contributed by atoms with E-state index >= 15 is 0 Å². The number of hydrogen-bond acceptors (Lipinski definition) is 4. The standard InChI is InChI=1S/C14H22N4O/c1-14(2)7-4-3-5-11(14)17-13(19)10-6-8-16-12(9-10)18-15/h6,8-9,11H,3-5,7,15H2,1-2H3,(H,16,18)(H,17,19). The maximum atomic E-state index is 12.3. The molecule has 1 aliphatic rings. The molecule has 4 N–H and O–H groups in total. The van der Waals surface area contributed by atoms with Gasteiger partial charge in [0.1, 0.15) is 5.82 Å². The van der Waals surface area contributed by atoms with Gasteiger partial charge in [-0.05, 0) is 30.4 Å². The van der Waals surface area contributed by atoms with Gasteiger partial charge in [0, 0.05) is 17.8 Å². The molecule has 104 valence electrons. The number of rotatable bonds is 3. The van der Waals surface area contributed by atoms with Gasteiger partial charge in [0.05, 0.1) is 0 Å². The van der Waals surface area contributed by atoms with Gasteiger partial charge < -0.3 is 10.7 Å². The number of pyridine rings is 1. The summed E-state index contributed by atoms with van der Waals surface area (Å²) in [7, 11) is 0. The second-order valence-electron chi connectivity index (χ2n) is 5.83. The summed E-state index contributed by atoms with van der Waals surface area (Å²) in [4.78, 5) is 16.3. The first-order chi connectivity index (χ1) is 9.03. The average molecular weight is 262 g/mol. The Balaban J connectivity index is 2.07. The maximum absolute atomic E-state index is 12.3. The average Bonchev–Trinajstić information content (AvgIpc) is 2.41. The molecular weight excluding hydrogens is 240 g/mol. The van der Waals surface area contributed by atoms with Crippen LogP contribution in [0, 0.1) is 5.41 Å². The van der Waals surface area contributed by atoms with E-state index in [4.69, 9.17) is 5.84 Å². The number of aromatic nitrogens is 1. The van der Waals surface area contributed by atoms with Crippen LogP contribution in [0.2, 0.25) is 0 Å². The van der Waals surface area contributed by atoms with E-state index in [1.807, 2.05) is 0 Å². The number of nitrogens with one attached hydrogen (secondary N) is 2. The quantitative estimate of drug-likeness (QED) is 0.575. The molecule has 1 aromatic heterocycles. The molecule has 1 aromatic rings. The first kappa shape index (κ1) is 13.8. The highest BCUT2D eigenvalue weighted by molar-refractivity contribution is 5.95. The van der Waals surface area contributed by atoms with Crippen molar-refractivity contribution in [2.24, 2.45) is 11.3 Å². The number of carbonyl (C=O) groups excluding carboxylic acids is 1. The first-order valence-corrected chi connectivity index (χ1v) is 6.76. The molecule has 0 saturated heterocycles. The monoisotopic (exact) mass is 262 g/mol. The third-order valence-corrected chi connectivity index (χ3v) is 3.98. The zero-order chi connectivity index (χ0) is 13.9. The van der Waals surface area contributed by atoms with E-state index in [1.165, 1.54) is 12.8 Å². The van der Waals surface area contributed by atoms with Crippen LogP contribution >= 0.6 is 0 Å². The van der Waals surface area contributed by atoms with E-state index in [9.17, 15) is 4.79 Å². The second kappa shape index (κ2) is 5.57. The van der Waals surface area contributed by atoms with Crippen molar-refractivity contribution in [1.82, 2.24) is 10.3 Å². The highest BCUT2D eigenvalue weighted by atomic mass is 16.1. The number of nitrogen functional groups attached to an aromatic ring is 1. The Kier molecular flexibility index (Phi) is 4.04. The summed E-state index contributed by atoms with van der Waals surface area (Å²) < 4.78 is 0. The number of carbonyl (C=O) groups is 1. The molecule has 0 radical (unpaired) electrons. The van der Waals surface area contributed by atoms with Gasteiger partial charge in [0.15, 0.2) is 0 Å². The Morgan fingerprint density at radius 1 is 1.47 bits per heavy atom. The largest absolute Gasteiger partial charge is 0.349 e. The van der Waals surface area contributed by atoms with Crippen molar-refractivity contribution in [3.63, 3.8) is 0 Å². The molecule has 1 heterocycles. The SMILES string of the molecule is CC1(C)CCCCC1NC(=O)c1ccnc(NN)c1. The summed E-state index contributed by atoms with van der Waals surface area (Å²) in [6.45, 7) is 4.44. The lowest BCUT2D eigenvalue weighted by molar-refractivity contribution is 0.0853. The molecule has 5 heteroatoms. The second-order valence-corrected chi connectivity index (χ2v) is 5.83. The summed E-state index contributed by atoms with van der Waals surface area (Å²) in [6, 6.07) is 3.59. The summed E-state index contributed by atoms with van der Waals surface area (Å²) in [5.74, 6) is 5.74. The molecule has 2 rings (SSSR count). The lowest BCUT2D eigenvalue weighted by atomic mass is 9.73. The van der Waals surface area contributed by atoms with Crippen molar-refractivity contribution >= 4 is 11.7 Å². The summed E-state index contributed by atoms with van der Waals surface area (Å²) in [5, 5.41) is 3.14. The van der Waals surface area contributed by atoms with Crippen molar-refractivity contribution in [3.05, 3.63) is 23.9 Å². The lowest BCUT2D eigenvalue weighted by Crippen LogP contribution is -2.46. The van der Waals surface area contributed by atoms with Crippen molar-refractivity contribution in [1.29, 1.82) is 0 Å². The Morgan fingerprint density at radius 3 is 2.95 bits per heavy atom. The topological polar surface area (TPSA) is 80.0 Å². The highest BCUT2D eigenvalue weighted by Gasteiger charge is 2.33. The van der Waals surface area contributed by atoms with Gasteiger partial charge in [-0.3, -0.25) is 4.79 Å². The Bertz CT molecular complexity index is 459. The van der Waals surface area contributed by atoms with Gasteiger partial charge in [0.25, 0.3) is 5.91 Å². The molecule has 1 saturated carbocycles. The maximum Gasteiger partial charge on any atom is 0.251 e. The summed E-state index contributed by atoms with van der Waals surface area (Å²) in [6.07, 6.45) is 6.21. The van der Waals surface area contributed by atoms with E-state index in [0.29, 0.717) is 11.4 Å². The van der Waals surface area contributed by atoms with Crippen LogP contribution in [0.4, 0.5) is 5.82 Å². The molecular formula is C14H22N4O. The van der Waals surface area contributed by atoms with E-state index in [-0.39, 0.29) is 17.4 Å². The molecule has 1 amide bonds. The van der Waals surface area contributed by atoms with Crippen LogP contribution in [0.25, 0.3) is 0 Å². The first-order valence-electron chi connectivity index (χ1n) is 6.76. The molecule has 1 aliphatic carbocycles. The lowest BCUT2D eigenvalue weighted by Gasteiger charge is -2.39. The smallest absolute Gasteiger partial charge is 0.251 e. The van der Waals surface area contributed by atoms with Gasteiger partial charge in [0.2, 0.25) is 0 Å². The number of hydrogen-bond donors (Lipinski definition) is 3. The van der Waals surface area contributed by atoms with Gasteiger partial charge in [-0.15, -0.1) is 0 Å². The van der Waals surface area contributed by atoms with E-state index in [0.717, 1.165) is 12.8 Å². The van der Waals surface area contributed by atoms with Crippen molar-refractivity contribution in [3.8, 4) is 0 Å². The van der Waals surface area contributed by atoms with Crippen LogP contribution in [0.5, 0.6) is 0 Å². The molecule has 19 heavy (non-hydrogen) atoms. The molecule has 0 aromatic carbocycles. The Morgan fingerprint density at radius 2 is 2.26 bits per heavy atom. The summed E-state index contributed by atoms with van der Waals surface area (Å²) in [5.41, 5.74) is 3.20. The van der Waals surface area contributed by atoms with Crippen molar-refractivity contribution < 1.29 is 4.79 Å². The molecule has 0 spiro atoms. The zero-order valence-corrected chi connectivity index (χ0v) is 11.6. The van der Waals surface area contributed by atoms with Crippen LogP contribution in [0.3, 0.4) is 0 Å². The van der Waals surface area contributed by atoms with E-state index in [2.05, 4.69) is 29.6 Å². The number of amides is 1. The normalized spacial score (nSPS) is 21.7. The fourth-order valence-corrected chi connectivity index (χ4v) is 2.65. The minimum absolute atomic E-state index is 0.0566. The number of nitrogens with two attached hydrogens (primary N) is 1. The third-order valence-electron chi connectivity index (χ3n) is 3.98. The zero-order valence-electron chi connectivity index (χ0n) is 11.6. The van der Waals surface area contributed by atoms with Crippen molar-refractivity contribution in [2.75, 3.05) is 5.43 Å². The highest BCUT2D eigenvalue weighted by Crippen LogP contribution is 2.35.